The van der Waals surface area contributed by atoms with Crippen LogP contribution in [0.25, 0.3) is 0 Å². The number of rotatable bonds is 9. The minimum Gasteiger partial charge on any atom is -0.496 e. The van der Waals surface area contributed by atoms with E-state index in [1.165, 1.54) is 0 Å². The van der Waals surface area contributed by atoms with Crippen LogP contribution in [0.3, 0.4) is 0 Å². The van der Waals surface area contributed by atoms with Crippen LogP contribution in [0.5, 0.6) is 5.75 Å². The molecule has 0 atom stereocenters. The average molecular weight is 477 g/mol. The highest BCUT2D eigenvalue weighted by molar-refractivity contribution is 14.0. The Hall–Kier alpha value is -1.06. The first-order valence-electron chi connectivity index (χ1n) is 9.17. The molecule has 0 aliphatic carbocycles. The van der Waals surface area contributed by atoms with E-state index in [0.717, 1.165) is 69.4 Å². The van der Waals surface area contributed by atoms with Gasteiger partial charge < -0.3 is 24.8 Å². The molecule has 1 heterocycles. The van der Waals surface area contributed by atoms with Crippen molar-refractivity contribution in [2.75, 3.05) is 40.0 Å². The molecule has 148 valence electrons. The van der Waals surface area contributed by atoms with Crippen molar-refractivity contribution < 1.29 is 14.2 Å². The van der Waals surface area contributed by atoms with Crippen LogP contribution in [0, 0.1) is 0 Å². The van der Waals surface area contributed by atoms with Gasteiger partial charge in [-0.2, -0.15) is 0 Å². The Balaban J connectivity index is 0.00000338. The minimum atomic E-state index is 0. The molecular formula is C19H32IN3O3. The normalized spacial score (nSPS) is 15.2. The van der Waals surface area contributed by atoms with E-state index in [1.54, 1.807) is 7.11 Å². The molecule has 1 saturated heterocycles. The second kappa shape index (κ2) is 14.1. The van der Waals surface area contributed by atoms with Crippen molar-refractivity contribution >= 4 is 29.9 Å². The van der Waals surface area contributed by atoms with E-state index < -0.39 is 0 Å². The summed E-state index contributed by atoms with van der Waals surface area (Å²) in [5.41, 5.74) is 1.07. The summed E-state index contributed by atoms with van der Waals surface area (Å²) in [6.45, 7) is 6.72. The van der Waals surface area contributed by atoms with Crippen LogP contribution < -0.4 is 15.4 Å². The molecule has 1 aromatic rings. The van der Waals surface area contributed by atoms with E-state index in [1.807, 2.05) is 24.3 Å². The standard InChI is InChI=1S/C19H31N3O3.HI/c1-3-20-19(22-15-16-7-4-5-8-18(16)23-2)21-11-6-12-25-17-9-13-24-14-10-17;/h4-5,7-8,17H,3,6,9-15H2,1-2H3,(H2,20,21,22);1H. The molecule has 7 heteroatoms. The fourth-order valence-electron chi connectivity index (χ4n) is 2.71. The van der Waals surface area contributed by atoms with Gasteiger partial charge in [-0.3, -0.25) is 0 Å². The third-order valence-electron chi connectivity index (χ3n) is 4.08. The van der Waals surface area contributed by atoms with Gasteiger partial charge in [0.25, 0.3) is 0 Å². The summed E-state index contributed by atoms with van der Waals surface area (Å²) < 4.78 is 16.6. The highest BCUT2D eigenvalue weighted by Crippen LogP contribution is 2.17. The number of hydrogen-bond donors (Lipinski definition) is 2. The van der Waals surface area contributed by atoms with E-state index in [4.69, 9.17) is 14.2 Å². The lowest BCUT2D eigenvalue weighted by molar-refractivity contribution is -0.0320. The van der Waals surface area contributed by atoms with Gasteiger partial charge in [-0.15, -0.1) is 24.0 Å². The van der Waals surface area contributed by atoms with Gasteiger partial charge in [-0.05, 0) is 32.3 Å². The molecule has 0 unspecified atom stereocenters. The maximum Gasteiger partial charge on any atom is 0.191 e. The molecule has 0 amide bonds. The molecule has 1 aliphatic rings. The van der Waals surface area contributed by atoms with Crippen LogP contribution in [-0.2, 0) is 16.0 Å². The molecule has 6 nitrogen and oxygen atoms in total. The first kappa shape index (κ1) is 23.0. The minimum absolute atomic E-state index is 0. The number of guanidine groups is 1. The Kier molecular flexibility index (Phi) is 12.4. The zero-order valence-corrected chi connectivity index (χ0v) is 18.2. The maximum absolute atomic E-state index is 5.89. The van der Waals surface area contributed by atoms with Gasteiger partial charge in [0, 0.05) is 38.5 Å². The lowest BCUT2D eigenvalue weighted by atomic mass is 10.1. The molecule has 1 aliphatic heterocycles. The molecule has 0 radical (unpaired) electrons. The second-order valence-corrected chi connectivity index (χ2v) is 5.97. The van der Waals surface area contributed by atoms with Crippen LogP contribution in [0.2, 0.25) is 0 Å². The predicted molar refractivity (Wildman–Crippen MR) is 116 cm³/mol. The number of halogens is 1. The molecule has 1 aromatic carbocycles. The maximum atomic E-state index is 5.89. The summed E-state index contributed by atoms with van der Waals surface area (Å²) in [5.74, 6) is 1.69. The fraction of sp³-hybridized carbons (Fsp3) is 0.632. The Morgan fingerprint density at radius 2 is 2.00 bits per heavy atom. The SMILES string of the molecule is CCNC(=NCc1ccccc1OC)NCCCOC1CCOCC1.I. The number of ether oxygens (including phenoxy) is 3. The van der Waals surface area contributed by atoms with E-state index in [2.05, 4.69) is 22.5 Å². The van der Waals surface area contributed by atoms with Crippen LogP contribution in [0.15, 0.2) is 29.3 Å². The number of aliphatic imine (C=N–C) groups is 1. The van der Waals surface area contributed by atoms with E-state index in [9.17, 15) is 0 Å². The largest absolute Gasteiger partial charge is 0.496 e. The first-order valence-corrected chi connectivity index (χ1v) is 9.17. The van der Waals surface area contributed by atoms with Gasteiger partial charge in [0.05, 0.1) is 19.8 Å². The first-order chi connectivity index (χ1) is 12.3. The second-order valence-electron chi connectivity index (χ2n) is 5.97. The summed E-state index contributed by atoms with van der Waals surface area (Å²) in [5, 5.41) is 6.63. The number of nitrogens with one attached hydrogen (secondary N) is 2. The molecule has 0 spiro atoms. The van der Waals surface area contributed by atoms with E-state index >= 15 is 0 Å². The fourth-order valence-corrected chi connectivity index (χ4v) is 2.71. The summed E-state index contributed by atoms with van der Waals surface area (Å²) in [7, 11) is 1.68. The Morgan fingerprint density at radius 1 is 1.23 bits per heavy atom. The smallest absolute Gasteiger partial charge is 0.191 e. The number of para-hydroxylation sites is 1. The molecule has 0 saturated carbocycles. The lowest BCUT2D eigenvalue weighted by Crippen LogP contribution is -2.38. The van der Waals surface area contributed by atoms with E-state index in [-0.39, 0.29) is 24.0 Å². The quantitative estimate of drug-likeness (QED) is 0.248. The zero-order valence-electron chi connectivity index (χ0n) is 15.8. The van der Waals surface area contributed by atoms with Crippen LogP contribution in [0.1, 0.15) is 31.7 Å². The van der Waals surface area contributed by atoms with Crippen molar-refractivity contribution in [2.24, 2.45) is 4.99 Å². The number of benzene rings is 1. The highest BCUT2D eigenvalue weighted by Gasteiger charge is 2.13. The Bertz CT molecular complexity index is 523. The summed E-state index contributed by atoms with van der Waals surface area (Å²) >= 11 is 0. The molecular weight excluding hydrogens is 445 g/mol. The summed E-state index contributed by atoms with van der Waals surface area (Å²) in [6, 6.07) is 7.96. The molecule has 2 N–H and O–H groups in total. The topological polar surface area (TPSA) is 64.1 Å². The Labute approximate surface area is 174 Å². The third kappa shape index (κ3) is 8.55. The lowest BCUT2D eigenvalue weighted by Gasteiger charge is -2.22. The number of methoxy groups -OCH3 is 1. The molecule has 2 rings (SSSR count). The third-order valence-corrected chi connectivity index (χ3v) is 4.08. The molecule has 1 fully saturated rings. The van der Waals surface area contributed by atoms with Crippen molar-refractivity contribution in [1.82, 2.24) is 10.6 Å². The van der Waals surface area contributed by atoms with Crippen molar-refractivity contribution in [3.8, 4) is 5.75 Å². The summed E-state index contributed by atoms with van der Waals surface area (Å²) in [6.07, 6.45) is 3.34. The zero-order chi connectivity index (χ0) is 17.7. The Morgan fingerprint density at radius 3 is 2.73 bits per heavy atom. The predicted octanol–water partition coefficient (Wildman–Crippen LogP) is 2.95. The van der Waals surface area contributed by atoms with Gasteiger partial charge in [-0.1, -0.05) is 18.2 Å². The van der Waals surface area contributed by atoms with Gasteiger partial charge in [0.15, 0.2) is 5.96 Å². The van der Waals surface area contributed by atoms with Gasteiger partial charge in [0.2, 0.25) is 0 Å². The van der Waals surface area contributed by atoms with Crippen molar-refractivity contribution in [3.05, 3.63) is 29.8 Å². The van der Waals surface area contributed by atoms with Gasteiger partial charge in [-0.25, -0.2) is 4.99 Å². The number of nitrogens with zero attached hydrogens (tertiary/aromatic N) is 1. The highest BCUT2D eigenvalue weighted by atomic mass is 127. The van der Waals surface area contributed by atoms with Crippen LogP contribution in [0.4, 0.5) is 0 Å². The monoisotopic (exact) mass is 477 g/mol. The van der Waals surface area contributed by atoms with Crippen molar-refractivity contribution in [3.63, 3.8) is 0 Å². The molecule has 26 heavy (non-hydrogen) atoms. The van der Waals surface area contributed by atoms with E-state index in [0.29, 0.717) is 12.6 Å². The van der Waals surface area contributed by atoms with Gasteiger partial charge >= 0.3 is 0 Å². The number of hydrogen-bond acceptors (Lipinski definition) is 4. The van der Waals surface area contributed by atoms with Crippen molar-refractivity contribution in [1.29, 1.82) is 0 Å². The summed E-state index contributed by atoms with van der Waals surface area (Å²) in [4.78, 5) is 4.64. The van der Waals surface area contributed by atoms with Crippen LogP contribution in [-0.4, -0.2) is 52.1 Å². The molecule has 0 bridgehead atoms. The average Bonchev–Trinajstić information content (AvgIpc) is 2.66. The van der Waals surface area contributed by atoms with Crippen molar-refractivity contribution in [2.45, 2.75) is 38.8 Å². The van der Waals surface area contributed by atoms with Gasteiger partial charge in [0.1, 0.15) is 5.75 Å². The molecule has 0 aromatic heterocycles. The van der Waals surface area contributed by atoms with Crippen LogP contribution >= 0.6 is 24.0 Å².